The molecule has 1 amide bonds. The van der Waals surface area contributed by atoms with Crippen LogP contribution < -0.4 is 5.32 Å². The van der Waals surface area contributed by atoms with Crippen molar-refractivity contribution in [3.8, 4) is 0 Å². The lowest BCUT2D eigenvalue weighted by molar-refractivity contribution is -0.187. The molecule has 2 aromatic rings. The molecule has 0 saturated heterocycles. The lowest BCUT2D eigenvalue weighted by Crippen LogP contribution is -2.50. The molecule has 2 aliphatic rings. The Morgan fingerprint density at radius 1 is 1.05 bits per heavy atom. The average Bonchev–Trinajstić information content (AvgIpc) is 3.66. The molecule has 0 spiro atoms. The number of amides is 1. The van der Waals surface area contributed by atoms with Crippen molar-refractivity contribution >= 4 is 18.0 Å². The number of hydrogen-bond donors (Lipinski definition) is 1. The van der Waals surface area contributed by atoms with Gasteiger partial charge in [-0.15, -0.1) is 0 Å². The lowest BCUT2D eigenvalue weighted by Gasteiger charge is -2.39. The summed E-state index contributed by atoms with van der Waals surface area (Å²) in [5.74, 6) is -2.11. The van der Waals surface area contributed by atoms with Crippen molar-refractivity contribution < 1.29 is 27.5 Å². The zero-order valence-corrected chi connectivity index (χ0v) is 21.1. The summed E-state index contributed by atoms with van der Waals surface area (Å²) in [5, 5.41) is 3.42. The number of nitrogens with one attached hydrogen (secondary N) is 1. The second-order valence-corrected chi connectivity index (χ2v) is 9.95. The van der Waals surface area contributed by atoms with Gasteiger partial charge in [0.25, 0.3) is 0 Å². The molecule has 5 nitrogen and oxygen atoms in total. The van der Waals surface area contributed by atoms with Gasteiger partial charge in [0.2, 0.25) is 0 Å². The second kappa shape index (κ2) is 11.5. The van der Waals surface area contributed by atoms with Crippen molar-refractivity contribution in [1.29, 1.82) is 0 Å². The van der Waals surface area contributed by atoms with Gasteiger partial charge in [0.15, 0.2) is 0 Å². The number of rotatable bonds is 10. The summed E-state index contributed by atoms with van der Waals surface area (Å²) in [5.41, 5.74) is 3.59. The van der Waals surface area contributed by atoms with Gasteiger partial charge >= 0.3 is 18.1 Å². The van der Waals surface area contributed by atoms with E-state index < -0.39 is 18.1 Å². The van der Waals surface area contributed by atoms with Crippen LogP contribution in [0.15, 0.2) is 60.2 Å². The smallest absolute Gasteiger partial charge is 0.465 e. The minimum Gasteiger partial charge on any atom is -0.465 e. The van der Waals surface area contributed by atoms with Crippen molar-refractivity contribution in [2.45, 2.75) is 57.4 Å². The van der Waals surface area contributed by atoms with E-state index in [0.717, 1.165) is 40.9 Å². The fraction of sp³-hybridized carbons (Fsp3) is 0.448. The van der Waals surface area contributed by atoms with Crippen LogP contribution in [-0.4, -0.2) is 48.7 Å². The molecule has 37 heavy (non-hydrogen) atoms. The highest BCUT2D eigenvalue weighted by molar-refractivity contribution is 5.89. The SMILES string of the molecule is CC/C(=C\c1ccccc1)[C@@H]1C[C@H]1N(C[C@H]1C[C@H](NCc2ccc(C(=O)OC)cc2)C1)C(=O)C(F)(F)F. The normalized spacial score (nSPS) is 23.2. The molecule has 2 atom stereocenters. The van der Waals surface area contributed by atoms with Crippen LogP contribution >= 0.6 is 0 Å². The maximum Gasteiger partial charge on any atom is 0.471 e. The van der Waals surface area contributed by atoms with Crippen molar-refractivity contribution in [1.82, 2.24) is 10.2 Å². The van der Waals surface area contributed by atoms with Crippen LogP contribution in [0, 0.1) is 11.8 Å². The number of ether oxygens (including phenoxy) is 1. The summed E-state index contributed by atoms with van der Waals surface area (Å²) in [6.45, 7) is 2.73. The molecule has 0 unspecified atom stereocenters. The molecule has 8 heteroatoms. The van der Waals surface area contributed by atoms with Crippen molar-refractivity contribution in [3.05, 3.63) is 76.9 Å². The van der Waals surface area contributed by atoms with Gasteiger partial charge in [-0.1, -0.05) is 61.0 Å². The van der Waals surface area contributed by atoms with Gasteiger partial charge in [-0.05, 0) is 54.9 Å². The average molecular weight is 515 g/mol. The van der Waals surface area contributed by atoms with Gasteiger partial charge < -0.3 is 15.0 Å². The summed E-state index contributed by atoms with van der Waals surface area (Å²) in [6.07, 6.45) is -0.0771. The van der Waals surface area contributed by atoms with Crippen LogP contribution in [0.4, 0.5) is 13.2 Å². The van der Waals surface area contributed by atoms with Crippen molar-refractivity contribution in [2.24, 2.45) is 11.8 Å². The number of hydrogen-bond acceptors (Lipinski definition) is 4. The van der Waals surface area contributed by atoms with Gasteiger partial charge in [0.05, 0.1) is 12.7 Å². The van der Waals surface area contributed by atoms with E-state index in [1.54, 1.807) is 12.1 Å². The lowest BCUT2D eigenvalue weighted by atomic mass is 9.79. The van der Waals surface area contributed by atoms with Crippen molar-refractivity contribution in [2.75, 3.05) is 13.7 Å². The van der Waals surface area contributed by atoms with E-state index >= 15 is 0 Å². The number of methoxy groups -OCH3 is 1. The van der Waals surface area contributed by atoms with Crippen LogP contribution in [-0.2, 0) is 16.1 Å². The van der Waals surface area contributed by atoms with Crippen LogP contribution in [0.25, 0.3) is 6.08 Å². The molecule has 0 radical (unpaired) electrons. The largest absolute Gasteiger partial charge is 0.471 e. The van der Waals surface area contributed by atoms with Crippen LogP contribution in [0.5, 0.6) is 0 Å². The highest BCUT2D eigenvalue weighted by Crippen LogP contribution is 2.46. The highest BCUT2D eigenvalue weighted by Gasteiger charge is 2.53. The predicted octanol–water partition coefficient (Wildman–Crippen LogP) is 5.61. The molecular weight excluding hydrogens is 481 g/mol. The minimum atomic E-state index is -4.87. The first-order valence-corrected chi connectivity index (χ1v) is 12.7. The Morgan fingerprint density at radius 3 is 2.32 bits per heavy atom. The minimum absolute atomic E-state index is 0.0292. The topological polar surface area (TPSA) is 58.6 Å². The molecule has 198 valence electrons. The monoisotopic (exact) mass is 514 g/mol. The molecule has 4 rings (SSSR count). The van der Waals surface area contributed by atoms with E-state index in [-0.39, 0.29) is 30.4 Å². The summed E-state index contributed by atoms with van der Waals surface area (Å²) < 4.78 is 45.1. The number of carbonyl (C=O) groups is 2. The second-order valence-electron chi connectivity index (χ2n) is 9.95. The third-order valence-corrected chi connectivity index (χ3v) is 7.36. The fourth-order valence-corrected chi connectivity index (χ4v) is 5.16. The van der Waals surface area contributed by atoms with E-state index in [1.165, 1.54) is 7.11 Å². The predicted molar refractivity (Wildman–Crippen MR) is 136 cm³/mol. The molecule has 0 aromatic heterocycles. The zero-order chi connectivity index (χ0) is 26.6. The summed E-state index contributed by atoms with van der Waals surface area (Å²) in [4.78, 5) is 25.0. The first-order valence-electron chi connectivity index (χ1n) is 12.7. The van der Waals surface area contributed by atoms with Gasteiger partial charge in [0, 0.05) is 31.1 Å². The first-order chi connectivity index (χ1) is 17.7. The van der Waals surface area contributed by atoms with Gasteiger partial charge in [-0.25, -0.2) is 4.79 Å². The Labute approximate surface area is 215 Å². The highest BCUT2D eigenvalue weighted by atomic mass is 19.4. The Kier molecular flexibility index (Phi) is 8.37. The van der Waals surface area contributed by atoms with Crippen molar-refractivity contribution in [3.63, 3.8) is 0 Å². The van der Waals surface area contributed by atoms with Crippen LogP contribution in [0.1, 0.15) is 54.1 Å². The Balaban J connectivity index is 1.32. The molecule has 2 aliphatic carbocycles. The molecule has 0 heterocycles. The first kappa shape index (κ1) is 26.9. The molecule has 2 aromatic carbocycles. The third-order valence-electron chi connectivity index (χ3n) is 7.36. The Bertz CT molecular complexity index is 1110. The Morgan fingerprint density at radius 2 is 1.73 bits per heavy atom. The summed E-state index contributed by atoms with van der Waals surface area (Å²) in [6, 6.07) is 16.6. The van der Waals surface area contributed by atoms with E-state index in [9.17, 15) is 22.8 Å². The van der Waals surface area contributed by atoms with Gasteiger partial charge in [0.1, 0.15) is 0 Å². The molecule has 0 bridgehead atoms. The van der Waals surface area contributed by atoms with Crippen LogP contribution in [0.2, 0.25) is 0 Å². The zero-order valence-electron chi connectivity index (χ0n) is 21.1. The maximum atomic E-state index is 13.5. The number of alkyl halides is 3. The number of esters is 1. The molecule has 1 N–H and O–H groups in total. The van der Waals surface area contributed by atoms with Gasteiger partial charge in [-0.3, -0.25) is 4.79 Å². The number of halogens is 3. The molecular formula is C29H33F3N2O3. The van der Waals surface area contributed by atoms with Crippen LogP contribution in [0.3, 0.4) is 0 Å². The van der Waals surface area contributed by atoms with E-state index in [1.807, 2.05) is 55.5 Å². The Hall–Kier alpha value is -3.13. The maximum absolute atomic E-state index is 13.5. The summed E-state index contributed by atoms with van der Waals surface area (Å²) >= 11 is 0. The van der Waals surface area contributed by atoms with E-state index in [4.69, 9.17) is 4.74 Å². The molecule has 0 aliphatic heterocycles. The standard InChI is InChI=1S/C29H33F3N2O3/c1-3-22(13-19-7-5-4-6-8-19)25-16-26(25)34(28(36)29(30,31)32)18-21-14-24(15-21)33-17-20-9-11-23(12-10-20)27(35)37-2/h4-13,21,24-26,33H,3,14-18H2,1-2H3/b22-13+/t21-,24-,25-,26+/m0/s1. The van der Waals surface area contributed by atoms with Gasteiger partial charge in [-0.2, -0.15) is 13.2 Å². The number of benzene rings is 2. The quantitative estimate of drug-likeness (QED) is 0.419. The summed E-state index contributed by atoms with van der Waals surface area (Å²) in [7, 11) is 1.34. The fourth-order valence-electron chi connectivity index (χ4n) is 5.16. The molecule has 2 saturated carbocycles. The van der Waals surface area contributed by atoms with E-state index in [0.29, 0.717) is 18.5 Å². The third kappa shape index (κ3) is 6.80. The number of nitrogens with zero attached hydrogens (tertiary/aromatic N) is 1. The van der Waals surface area contributed by atoms with E-state index in [2.05, 4.69) is 5.32 Å². The molecule has 2 fully saturated rings. The number of carbonyl (C=O) groups excluding carboxylic acids is 2.